The van der Waals surface area contributed by atoms with Gasteiger partial charge in [0.25, 0.3) is 0 Å². The summed E-state index contributed by atoms with van der Waals surface area (Å²) in [6, 6.07) is 7.85. The average Bonchev–Trinajstić information content (AvgIpc) is 2.30. The average molecular weight is 284 g/mol. The van der Waals surface area contributed by atoms with Crippen molar-refractivity contribution in [3.63, 3.8) is 0 Å². The van der Waals surface area contributed by atoms with Crippen LogP contribution in [0.25, 0.3) is 11.4 Å². The van der Waals surface area contributed by atoms with Gasteiger partial charge in [-0.1, -0.05) is 34.1 Å². The summed E-state index contributed by atoms with van der Waals surface area (Å²) in [5.41, 5.74) is 1.91. The Morgan fingerprint density at radius 3 is 2.40 bits per heavy atom. The fourth-order valence-electron chi connectivity index (χ4n) is 1.21. The molecule has 0 aliphatic carbocycles. The molecule has 2 rings (SSSR count). The maximum Gasteiger partial charge on any atom is 0.160 e. The van der Waals surface area contributed by atoms with E-state index >= 15 is 0 Å². The minimum atomic E-state index is 0.441. The molecule has 0 radical (unpaired) electrons. The normalized spacial score (nSPS) is 10.3. The molecule has 0 bridgehead atoms. The third kappa shape index (κ3) is 2.36. The summed E-state index contributed by atoms with van der Waals surface area (Å²) in [4.78, 5) is 8.51. The lowest BCUT2D eigenvalue weighted by atomic mass is 10.2. The first kappa shape index (κ1) is 10.6. The standard InChI is InChI=1S/C11H8BrClN2/c12-10-4-2-1-3-9(10)11-14-6-8(5-13)7-15-11/h1-4,6-7H,5H2. The van der Waals surface area contributed by atoms with E-state index in [-0.39, 0.29) is 0 Å². The third-order valence-electron chi connectivity index (χ3n) is 1.97. The SMILES string of the molecule is ClCc1cnc(-c2ccccc2Br)nc1. The van der Waals surface area contributed by atoms with Gasteiger partial charge in [-0.3, -0.25) is 0 Å². The molecule has 0 saturated carbocycles. The van der Waals surface area contributed by atoms with Gasteiger partial charge in [0.05, 0.1) is 5.88 Å². The number of nitrogens with zero attached hydrogens (tertiary/aromatic N) is 2. The van der Waals surface area contributed by atoms with Gasteiger partial charge < -0.3 is 0 Å². The first-order chi connectivity index (χ1) is 7.31. The van der Waals surface area contributed by atoms with Gasteiger partial charge in [0.2, 0.25) is 0 Å². The third-order valence-corrected chi connectivity index (χ3v) is 2.97. The van der Waals surface area contributed by atoms with Crippen molar-refractivity contribution in [1.82, 2.24) is 9.97 Å². The van der Waals surface area contributed by atoms with Gasteiger partial charge in [0.15, 0.2) is 5.82 Å². The fraction of sp³-hybridized carbons (Fsp3) is 0.0909. The van der Waals surface area contributed by atoms with Crippen LogP contribution < -0.4 is 0 Å². The summed E-state index contributed by atoms with van der Waals surface area (Å²) >= 11 is 9.13. The lowest BCUT2D eigenvalue weighted by Gasteiger charge is -2.02. The smallest absolute Gasteiger partial charge is 0.160 e. The molecule has 0 N–H and O–H groups in total. The maximum absolute atomic E-state index is 5.67. The van der Waals surface area contributed by atoms with Crippen molar-refractivity contribution in [2.45, 2.75) is 5.88 Å². The number of alkyl halides is 1. The van der Waals surface area contributed by atoms with Crippen molar-refractivity contribution in [1.29, 1.82) is 0 Å². The zero-order chi connectivity index (χ0) is 10.7. The van der Waals surface area contributed by atoms with Crippen LogP contribution in [0.4, 0.5) is 0 Å². The van der Waals surface area contributed by atoms with E-state index in [0.29, 0.717) is 11.7 Å². The Labute approximate surface area is 101 Å². The van der Waals surface area contributed by atoms with Crippen LogP contribution in [0.5, 0.6) is 0 Å². The Hall–Kier alpha value is -0.930. The quantitative estimate of drug-likeness (QED) is 0.786. The Morgan fingerprint density at radius 1 is 1.13 bits per heavy atom. The molecular weight excluding hydrogens is 275 g/mol. The van der Waals surface area contributed by atoms with E-state index in [9.17, 15) is 0 Å². The predicted molar refractivity (Wildman–Crippen MR) is 64.7 cm³/mol. The van der Waals surface area contributed by atoms with Crippen LogP contribution in [0.3, 0.4) is 0 Å². The van der Waals surface area contributed by atoms with E-state index in [4.69, 9.17) is 11.6 Å². The topological polar surface area (TPSA) is 25.8 Å². The van der Waals surface area contributed by atoms with Crippen LogP contribution in [-0.4, -0.2) is 9.97 Å². The maximum atomic E-state index is 5.67. The van der Waals surface area contributed by atoms with Crippen molar-refractivity contribution in [3.05, 3.63) is 46.7 Å². The van der Waals surface area contributed by atoms with Crippen LogP contribution in [0.15, 0.2) is 41.1 Å². The molecule has 0 spiro atoms. The second-order valence-electron chi connectivity index (χ2n) is 3.03. The van der Waals surface area contributed by atoms with Crippen LogP contribution >= 0.6 is 27.5 Å². The highest BCUT2D eigenvalue weighted by atomic mass is 79.9. The molecule has 1 aromatic carbocycles. The van der Waals surface area contributed by atoms with E-state index < -0.39 is 0 Å². The monoisotopic (exact) mass is 282 g/mol. The number of hydrogen-bond acceptors (Lipinski definition) is 2. The Balaban J connectivity index is 2.42. The molecule has 0 fully saturated rings. The van der Waals surface area contributed by atoms with Crippen LogP contribution in [0.1, 0.15) is 5.56 Å². The molecule has 0 aliphatic heterocycles. The number of halogens is 2. The summed E-state index contributed by atoms with van der Waals surface area (Å²) < 4.78 is 0.989. The van der Waals surface area contributed by atoms with Gasteiger partial charge in [-0.2, -0.15) is 0 Å². The number of hydrogen-bond donors (Lipinski definition) is 0. The minimum Gasteiger partial charge on any atom is -0.236 e. The van der Waals surface area contributed by atoms with E-state index in [2.05, 4.69) is 25.9 Å². The lowest BCUT2D eigenvalue weighted by molar-refractivity contribution is 1.12. The zero-order valence-corrected chi connectivity index (χ0v) is 10.2. The second-order valence-corrected chi connectivity index (χ2v) is 4.15. The van der Waals surface area contributed by atoms with Crippen molar-refractivity contribution in [2.75, 3.05) is 0 Å². The molecule has 76 valence electrons. The van der Waals surface area contributed by atoms with Crippen molar-refractivity contribution >= 4 is 27.5 Å². The highest BCUT2D eigenvalue weighted by Crippen LogP contribution is 2.24. The van der Waals surface area contributed by atoms with Crippen molar-refractivity contribution in [2.24, 2.45) is 0 Å². The summed E-state index contributed by atoms with van der Waals surface area (Å²) in [6.45, 7) is 0. The predicted octanol–water partition coefficient (Wildman–Crippen LogP) is 3.64. The van der Waals surface area contributed by atoms with Crippen LogP contribution in [-0.2, 0) is 5.88 Å². The molecule has 0 atom stereocenters. The molecule has 0 amide bonds. The van der Waals surface area contributed by atoms with Gasteiger partial charge in [-0.25, -0.2) is 9.97 Å². The Bertz CT molecular complexity index is 456. The molecule has 0 saturated heterocycles. The number of rotatable bonds is 2. The first-order valence-electron chi connectivity index (χ1n) is 4.43. The molecule has 0 unspecified atom stereocenters. The molecule has 1 heterocycles. The highest BCUT2D eigenvalue weighted by Gasteiger charge is 2.04. The van der Waals surface area contributed by atoms with E-state index in [1.165, 1.54) is 0 Å². The Morgan fingerprint density at radius 2 is 1.80 bits per heavy atom. The van der Waals surface area contributed by atoms with E-state index in [0.717, 1.165) is 15.6 Å². The van der Waals surface area contributed by atoms with E-state index in [1.807, 2.05) is 24.3 Å². The molecule has 1 aromatic heterocycles. The summed E-state index contributed by atoms with van der Waals surface area (Å²) in [6.07, 6.45) is 3.49. The molecular formula is C11H8BrClN2. The fourth-order valence-corrected chi connectivity index (χ4v) is 1.81. The molecule has 15 heavy (non-hydrogen) atoms. The lowest BCUT2D eigenvalue weighted by Crippen LogP contribution is -1.91. The summed E-state index contributed by atoms with van der Waals surface area (Å²) in [7, 11) is 0. The summed E-state index contributed by atoms with van der Waals surface area (Å²) in [5, 5.41) is 0. The van der Waals surface area contributed by atoms with Gasteiger partial charge in [0.1, 0.15) is 0 Å². The number of aromatic nitrogens is 2. The molecule has 4 heteroatoms. The van der Waals surface area contributed by atoms with Crippen LogP contribution in [0, 0.1) is 0 Å². The van der Waals surface area contributed by atoms with Gasteiger partial charge in [0, 0.05) is 28.0 Å². The van der Waals surface area contributed by atoms with Gasteiger partial charge in [-0.05, 0) is 6.07 Å². The minimum absolute atomic E-state index is 0.441. The van der Waals surface area contributed by atoms with Gasteiger partial charge in [-0.15, -0.1) is 11.6 Å². The largest absolute Gasteiger partial charge is 0.236 e. The molecule has 0 aliphatic rings. The molecule has 2 aromatic rings. The van der Waals surface area contributed by atoms with Gasteiger partial charge >= 0.3 is 0 Å². The van der Waals surface area contributed by atoms with Crippen LogP contribution in [0.2, 0.25) is 0 Å². The Kier molecular flexibility index (Phi) is 3.34. The van der Waals surface area contributed by atoms with Crippen molar-refractivity contribution in [3.8, 4) is 11.4 Å². The van der Waals surface area contributed by atoms with E-state index in [1.54, 1.807) is 12.4 Å². The first-order valence-corrected chi connectivity index (χ1v) is 5.76. The summed E-state index contributed by atoms with van der Waals surface area (Å²) in [5.74, 6) is 1.15. The number of benzene rings is 1. The second kappa shape index (κ2) is 4.73. The highest BCUT2D eigenvalue weighted by molar-refractivity contribution is 9.10. The molecule has 2 nitrogen and oxygen atoms in total. The zero-order valence-electron chi connectivity index (χ0n) is 7.82. The van der Waals surface area contributed by atoms with Crippen molar-refractivity contribution < 1.29 is 0 Å².